The molecule has 1 saturated heterocycles. The Morgan fingerprint density at radius 3 is 2.55 bits per heavy atom. The number of rotatable bonds is 3. The molecule has 29 heavy (non-hydrogen) atoms. The second-order valence-electron chi connectivity index (χ2n) is 6.90. The van der Waals surface area contributed by atoms with Crippen LogP contribution in [0.3, 0.4) is 0 Å². The van der Waals surface area contributed by atoms with Gasteiger partial charge in [-0.15, -0.1) is 0 Å². The van der Waals surface area contributed by atoms with E-state index in [1.807, 2.05) is 0 Å². The Hall–Kier alpha value is -2.80. The topological polar surface area (TPSA) is 46.3 Å². The quantitative estimate of drug-likeness (QED) is 0.550. The van der Waals surface area contributed by atoms with E-state index in [1.54, 1.807) is 29.2 Å². The van der Waals surface area contributed by atoms with Gasteiger partial charge in [0.1, 0.15) is 5.56 Å². The average Bonchev–Trinajstić information content (AvgIpc) is 3.37. The molecule has 150 valence electrons. The normalized spacial score (nSPS) is 17.0. The van der Waals surface area contributed by atoms with E-state index in [1.165, 1.54) is 18.3 Å². The number of nitrogens with zero attached hydrogens (tertiary/aromatic N) is 2. The van der Waals surface area contributed by atoms with Crippen LogP contribution in [0.25, 0.3) is 11.3 Å². The number of benzene rings is 2. The van der Waals surface area contributed by atoms with E-state index in [4.69, 9.17) is 16.1 Å². The third kappa shape index (κ3) is 3.87. The zero-order valence-electron chi connectivity index (χ0n) is 15.1. The Morgan fingerprint density at radius 1 is 1.14 bits per heavy atom. The van der Waals surface area contributed by atoms with Crippen LogP contribution in [-0.4, -0.2) is 29.1 Å². The van der Waals surface area contributed by atoms with Crippen molar-refractivity contribution in [2.75, 3.05) is 13.1 Å². The van der Waals surface area contributed by atoms with E-state index < -0.39 is 11.7 Å². The minimum Gasteiger partial charge on any atom is -0.355 e. The van der Waals surface area contributed by atoms with E-state index >= 15 is 0 Å². The lowest BCUT2D eigenvalue weighted by Crippen LogP contribution is -2.28. The molecule has 0 N–H and O–H groups in total. The number of carbonyl (C=O) groups excluding carboxylic acids is 1. The van der Waals surface area contributed by atoms with Gasteiger partial charge in [0.2, 0.25) is 0 Å². The fourth-order valence-corrected chi connectivity index (χ4v) is 3.78. The van der Waals surface area contributed by atoms with Crippen LogP contribution in [0.5, 0.6) is 0 Å². The highest BCUT2D eigenvalue weighted by Gasteiger charge is 2.33. The molecule has 0 aliphatic carbocycles. The zero-order valence-corrected chi connectivity index (χ0v) is 15.9. The van der Waals surface area contributed by atoms with Crippen LogP contribution in [0.15, 0.2) is 59.3 Å². The Morgan fingerprint density at radius 2 is 1.86 bits per heavy atom. The number of halogens is 4. The van der Waals surface area contributed by atoms with Gasteiger partial charge in [0.15, 0.2) is 5.76 Å². The van der Waals surface area contributed by atoms with Crippen LogP contribution in [-0.2, 0) is 6.18 Å². The third-order valence-corrected chi connectivity index (χ3v) is 5.43. The first-order valence-corrected chi connectivity index (χ1v) is 9.38. The summed E-state index contributed by atoms with van der Waals surface area (Å²) < 4.78 is 43.5. The number of aromatic nitrogens is 1. The first-order valence-electron chi connectivity index (χ1n) is 9.00. The second kappa shape index (κ2) is 7.55. The largest absolute Gasteiger partial charge is 0.416 e. The van der Waals surface area contributed by atoms with Crippen LogP contribution in [0.4, 0.5) is 13.2 Å². The molecule has 2 heterocycles. The highest BCUT2D eigenvalue weighted by atomic mass is 35.5. The van der Waals surface area contributed by atoms with Crippen molar-refractivity contribution in [1.29, 1.82) is 0 Å². The summed E-state index contributed by atoms with van der Waals surface area (Å²) in [5, 5.41) is 4.20. The first kappa shape index (κ1) is 19.5. The monoisotopic (exact) mass is 420 g/mol. The summed E-state index contributed by atoms with van der Waals surface area (Å²) in [4.78, 5) is 14.7. The molecule has 1 unspecified atom stereocenters. The van der Waals surface area contributed by atoms with Crippen molar-refractivity contribution < 1.29 is 22.5 Å². The van der Waals surface area contributed by atoms with Gasteiger partial charge in [0.25, 0.3) is 5.91 Å². The Labute approximate surface area is 169 Å². The van der Waals surface area contributed by atoms with Crippen LogP contribution < -0.4 is 0 Å². The average molecular weight is 421 g/mol. The molecule has 1 aliphatic heterocycles. The molecule has 1 amide bonds. The molecule has 1 fully saturated rings. The lowest BCUT2D eigenvalue weighted by Gasteiger charge is -2.17. The van der Waals surface area contributed by atoms with Crippen molar-refractivity contribution in [3.63, 3.8) is 0 Å². The van der Waals surface area contributed by atoms with Crippen LogP contribution in [0.2, 0.25) is 5.02 Å². The van der Waals surface area contributed by atoms with Gasteiger partial charge in [0.05, 0.1) is 16.8 Å². The molecule has 1 aromatic heterocycles. The van der Waals surface area contributed by atoms with Crippen molar-refractivity contribution in [1.82, 2.24) is 10.1 Å². The maximum absolute atomic E-state index is 13.0. The van der Waals surface area contributed by atoms with Gasteiger partial charge in [-0.25, -0.2) is 0 Å². The molecule has 3 aromatic rings. The van der Waals surface area contributed by atoms with Gasteiger partial charge >= 0.3 is 6.18 Å². The van der Waals surface area contributed by atoms with E-state index in [0.717, 1.165) is 17.7 Å². The van der Waals surface area contributed by atoms with Crippen molar-refractivity contribution in [2.45, 2.75) is 18.5 Å². The van der Waals surface area contributed by atoms with Crippen molar-refractivity contribution in [3.8, 4) is 11.3 Å². The summed E-state index contributed by atoms with van der Waals surface area (Å²) in [7, 11) is 0. The maximum atomic E-state index is 13.0. The molecule has 1 atom stereocenters. The fourth-order valence-electron chi connectivity index (χ4n) is 3.56. The van der Waals surface area contributed by atoms with Gasteiger partial charge in [-0.1, -0.05) is 41.0 Å². The van der Waals surface area contributed by atoms with Crippen LogP contribution in [0.1, 0.15) is 33.8 Å². The minimum atomic E-state index is -4.36. The summed E-state index contributed by atoms with van der Waals surface area (Å²) in [6.45, 7) is 0.912. The number of hydrogen-bond donors (Lipinski definition) is 0. The molecule has 4 nitrogen and oxygen atoms in total. The lowest BCUT2D eigenvalue weighted by molar-refractivity contribution is -0.137. The molecule has 0 radical (unpaired) electrons. The summed E-state index contributed by atoms with van der Waals surface area (Å²) >= 11 is 6.21. The number of amides is 1. The highest BCUT2D eigenvalue weighted by Crippen LogP contribution is 2.35. The molecule has 0 bridgehead atoms. The SMILES string of the molecule is O=C(c1cnoc1-c1ccccc1Cl)N1CCC(c2ccc(C(F)(F)F)cc2)C1. The molecule has 8 heteroatoms. The van der Waals surface area contributed by atoms with Crippen molar-refractivity contribution in [2.24, 2.45) is 0 Å². The van der Waals surface area contributed by atoms with E-state index in [-0.39, 0.29) is 11.8 Å². The van der Waals surface area contributed by atoms with E-state index in [2.05, 4.69) is 5.16 Å². The molecule has 0 spiro atoms. The molecule has 2 aromatic carbocycles. The van der Waals surface area contributed by atoms with E-state index in [0.29, 0.717) is 41.4 Å². The van der Waals surface area contributed by atoms with Gasteiger partial charge in [-0.05, 0) is 36.2 Å². The zero-order chi connectivity index (χ0) is 20.6. The number of likely N-dealkylation sites (tertiary alicyclic amines) is 1. The summed E-state index contributed by atoms with van der Waals surface area (Å²) in [6.07, 6.45) is -2.32. The number of hydrogen-bond acceptors (Lipinski definition) is 3. The molecule has 0 saturated carbocycles. The van der Waals surface area contributed by atoms with Crippen molar-refractivity contribution in [3.05, 3.63) is 76.4 Å². The van der Waals surface area contributed by atoms with Crippen molar-refractivity contribution >= 4 is 17.5 Å². The Balaban J connectivity index is 1.51. The van der Waals surface area contributed by atoms with Crippen LogP contribution >= 0.6 is 11.6 Å². The van der Waals surface area contributed by atoms with Gasteiger partial charge < -0.3 is 9.42 Å². The maximum Gasteiger partial charge on any atom is 0.416 e. The van der Waals surface area contributed by atoms with Gasteiger partial charge in [-0.2, -0.15) is 13.2 Å². The predicted molar refractivity (Wildman–Crippen MR) is 102 cm³/mol. The molecule has 1 aliphatic rings. The molecular formula is C21H16ClF3N2O2. The van der Waals surface area contributed by atoms with E-state index in [9.17, 15) is 18.0 Å². The Bertz CT molecular complexity index is 1030. The first-order chi connectivity index (χ1) is 13.8. The molecular weight excluding hydrogens is 405 g/mol. The Kier molecular flexibility index (Phi) is 5.08. The standard InChI is InChI=1S/C21H16ClF3N2O2/c22-18-4-2-1-3-16(18)19-17(11-26-29-19)20(28)27-10-9-14(12-27)13-5-7-15(8-6-13)21(23,24)25/h1-8,11,14H,9-10,12H2. The second-order valence-corrected chi connectivity index (χ2v) is 7.31. The fraction of sp³-hybridized carbons (Fsp3) is 0.238. The lowest BCUT2D eigenvalue weighted by atomic mass is 9.97. The highest BCUT2D eigenvalue weighted by molar-refractivity contribution is 6.33. The molecule has 4 rings (SSSR count). The minimum absolute atomic E-state index is 0.0233. The third-order valence-electron chi connectivity index (χ3n) is 5.10. The summed E-state index contributed by atoms with van der Waals surface area (Å²) in [5.74, 6) is 0.0408. The van der Waals surface area contributed by atoms with Gasteiger partial charge in [0, 0.05) is 24.6 Å². The predicted octanol–water partition coefficient (Wildman–Crippen LogP) is 5.64. The number of alkyl halides is 3. The smallest absolute Gasteiger partial charge is 0.355 e. The number of carbonyl (C=O) groups is 1. The van der Waals surface area contributed by atoms with Gasteiger partial charge in [-0.3, -0.25) is 4.79 Å². The van der Waals surface area contributed by atoms with Crippen LogP contribution in [0, 0.1) is 0 Å². The summed E-state index contributed by atoms with van der Waals surface area (Å²) in [6, 6.07) is 12.1. The summed E-state index contributed by atoms with van der Waals surface area (Å²) in [5.41, 5.74) is 0.991.